The zero-order valence-electron chi connectivity index (χ0n) is 9.13. The highest BCUT2D eigenvalue weighted by Crippen LogP contribution is 2.22. The fraction of sp³-hybridized carbons (Fsp3) is 0. The van der Waals surface area contributed by atoms with E-state index in [4.69, 9.17) is 0 Å². The van der Waals surface area contributed by atoms with Gasteiger partial charge >= 0.3 is 0 Å². The van der Waals surface area contributed by atoms with Crippen molar-refractivity contribution in [2.75, 3.05) is 0 Å². The van der Waals surface area contributed by atoms with Crippen LogP contribution in [0, 0.1) is 6.54 Å². The SMILES string of the molecule is C=C[CH]NS(=O)(=O)c1cccc2ccccc12. The lowest BCUT2D eigenvalue weighted by Crippen LogP contribution is -2.20. The van der Waals surface area contributed by atoms with Crippen molar-refractivity contribution in [2.45, 2.75) is 4.90 Å². The molecule has 87 valence electrons. The summed E-state index contributed by atoms with van der Waals surface area (Å²) in [6.07, 6.45) is 1.39. The summed E-state index contributed by atoms with van der Waals surface area (Å²) in [7, 11) is -3.53. The minimum Gasteiger partial charge on any atom is -0.207 e. The van der Waals surface area contributed by atoms with Gasteiger partial charge in [-0.15, -0.1) is 6.58 Å². The minimum absolute atomic E-state index is 0.272. The lowest BCUT2D eigenvalue weighted by atomic mass is 10.1. The molecular weight excluding hydrogens is 234 g/mol. The van der Waals surface area contributed by atoms with Gasteiger partial charge in [0.25, 0.3) is 0 Å². The van der Waals surface area contributed by atoms with Crippen LogP contribution in [0.15, 0.2) is 60.0 Å². The highest BCUT2D eigenvalue weighted by atomic mass is 32.2. The second-order valence-corrected chi connectivity index (χ2v) is 5.18. The Kier molecular flexibility index (Phi) is 3.26. The molecule has 2 rings (SSSR count). The van der Waals surface area contributed by atoms with Crippen molar-refractivity contribution < 1.29 is 8.42 Å². The number of sulfonamides is 1. The van der Waals surface area contributed by atoms with Crippen molar-refractivity contribution >= 4 is 20.8 Å². The lowest BCUT2D eigenvalue weighted by molar-refractivity contribution is 0.590. The molecule has 3 nitrogen and oxygen atoms in total. The third-order valence-corrected chi connectivity index (χ3v) is 3.76. The molecule has 0 saturated carbocycles. The maximum absolute atomic E-state index is 12.0. The van der Waals surface area contributed by atoms with Crippen LogP contribution in [0.4, 0.5) is 0 Å². The predicted octanol–water partition coefficient (Wildman–Crippen LogP) is 2.47. The molecule has 0 heterocycles. The fourth-order valence-electron chi connectivity index (χ4n) is 1.63. The second kappa shape index (κ2) is 4.69. The quantitative estimate of drug-likeness (QED) is 0.900. The first-order valence-electron chi connectivity index (χ1n) is 5.09. The van der Waals surface area contributed by atoms with E-state index in [1.54, 1.807) is 18.2 Å². The Bertz CT molecular complexity index is 642. The van der Waals surface area contributed by atoms with Crippen LogP contribution in [-0.4, -0.2) is 8.42 Å². The zero-order valence-corrected chi connectivity index (χ0v) is 9.94. The molecule has 0 spiro atoms. The van der Waals surface area contributed by atoms with Crippen LogP contribution in [0.1, 0.15) is 0 Å². The Balaban J connectivity index is 2.59. The van der Waals surface area contributed by atoms with Gasteiger partial charge in [-0.05, 0) is 11.5 Å². The molecule has 0 fully saturated rings. The van der Waals surface area contributed by atoms with Crippen molar-refractivity contribution in [2.24, 2.45) is 0 Å². The van der Waals surface area contributed by atoms with Gasteiger partial charge in [0.2, 0.25) is 10.0 Å². The van der Waals surface area contributed by atoms with Crippen LogP contribution < -0.4 is 4.72 Å². The largest absolute Gasteiger partial charge is 0.241 e. The average Bonchev–Trinajstić information content (AvgIpc) is 2.36. The highest BCUT2D eigenvalue weighted by Gasteiger charge is 2.15. The Hall–Kier alpha value is -1.65. The molecule has 0 atom stereocenters. The Morgan fingerprint density at radius 1 is 1.06 bits per heavy atom. The van der Waals surface area contributed by atoms with E-state index in [-0.39, 0.29) is 4.90 Å². The van der Waals surface area contributed by atoms with E-state index in [0.29, 0.717) is 5.39 Å². The van der Waals surface area contributed by atoms with E-state index in [0.717, 1.165) is 5.39 Å². The van der Waals surface area contributed by atoms with Gasteiger partial charge < -0.3 is 0 Å². The Morgan fingerprint density at radius 3 is 2.53 bits per heavy atom. The van der Waals surface area contributed by atoms with Crippen molar-refractivity contribution in [3.8, 4) is 0 Å². The third-order valence-electron chi connectivity index (χ3n) is 2.38. The molecule has 0 bridgehead atoms. The summed E-state index contributed by atoms with van der Waals surface area (Å²) in [6, 6.07) is 12.6. The van der Waals surface area contributed by atoms with Crippen molar-refractivity contribution in [1.29, 1.82) is 0 Å². The van der Waals surface area contributed by atoms with E-state index in [2.05, 4.69) is 11.3 Å². The number of hydrogen-bond donors (Lipinski definition) is 1. The van der Waals surface area contributed by atoms with E-state index in [1.165, 1.54) is 12.6 Å². The molecule has 2 aromatic rings. The molecule has 0 amide bonds. The van der Waals surface area contributed by atoms with Crippen LogP contribution in [0.25, 0.3) is 10.8 Å². The first-order valence-corrected chi connectivity index (χ1v) is 6.58. The average molecular weight is 246 g/mol. The zero-order chi connectivity index (χ0) is 12.3. The molecule has 0 aliphatic carbocycles. The summed E-state index contributed by atoms with van der Waals surface area (Å²) in [5.74, 6) is 0. The highest BCUT2D eigenvalue weighted by molar-refractivity contribution is 7.89. The monoisotopic (exact) mass is 246 g/mol. The van der Waals surface area contributed by atoms with Crippen LogP contribution in [0.2, 0.25) is 0 Å². The molecule has 1 radical (unpaired) electrons. The molecule has 4 heteroatoms. The summed E-state index contributed by atoms with van der Waals surface area (Å²) in [5.41, 5.74) is 0. The van der Waals surface area contributed by atoms with Gasteiger partial charge in [-0.2, -0.15) is 0 Å². The molecule has 1 N–H and O–H groups in total. The van der Waals surface area contributed by atoms with E-state index in [1.807, 2.05) is 24.3 Å². The molecule has 17 heavy (non-hydrogen) atoms. The third kappa shape index (κ3) is 2.38. The van der Waals surface area contributed by atoms with Crippen molar-refractivity contribution in [3.05, 3.63) is 61.7 Å². The summed E-state index contributed by atoms with van der Waals surface area (Å²) >= 11 is 0. The molecule has 0 unspecified atom stereocenters. The van der Waals surface area contributed by atoms with Gasteiger partial charge in [0.15, 0.2) is 0 Å². The van der Waals surface area contributed by atoms with E-state index in [9.17, 15) is 8.42 Å². The number of fused-ring (bicyclic) bond motifs is 1. The Morgan fingerprint density at radius 2 is 1.76 bits per heavy atom. The molecule has 0 aliphatic rings. The first-order chi connectivity index (χ1) is 8.15. The summed E-state index contributed by atoms with van der Waals surface area (Å²) in [4.78, 5) is 0.272. The second-order valence-electron chi connectivity index (χ2n) is 3.50. The molecule has 2 aromatic carbocycles. The van der Waals surface area contributed by atoms with Gasteiger partial charge in [0.05, 0.1) is 11.4 Å². The van der Waals surface area contributed by atoms with Gasteiger partial charge in [0.1, 0.15) is 0 Å². The summed E-state index contributed by atoms with van der Waals surface area (Å²) in [6.45, 7) is 4.74. The Labute approximate surface area is 101 Å². The van der Waals surface area contributed by atoms with Crippen molar-refractivity contribution in [3.63, 3.8) is 0 Å². The van der Waals surface area contributed by atoms with Gasteiger partial charge in [0, 0.05) is 5.39 Å². The lowest BCUT2D eigenvalue weighted by Gasteiger charge is -2.07. The van der Waals surface area contributed by atoms with Crippen LogP contribution in [0.5, 0.6) is 0 Å². The predicted molar refractivity (Wildman–Crippen MR) is 68.8 cm³/mol. The number of hydrogen-bond acceptors (Lipinski definition) is 2. The van der Waals surface area contributed by atoms with Crippen molar-refractivity contribution in [1.82, 2.24) is 4.72 Å². The molecule has 0 aromatic heterocycles. The maximum Gasteiger partial charge on any atom is 0.241 e. The van der Waals surface area contributed by atoms with Gasteiger partial charge in [-0.3, -0.25) is 0 Å². The van der Waals surface area contributed by atoms with E-state index < -0.39 is 10.0 Å². The topological polar surface area (TPSA) is 46.2 Å². The van der Waals surface area contributed by atoms with E-state index >= 15 is 0 Å². The standard InChI is InChI=1S/C13H12NO2S/c1-2-10-14-17(15,16)13-9-5-7-11-6-3-4-8-12(11)13/h2-10,14H,1H2. The van der Waals surface area contributed by atoms with Crippen LogP contribution in [-0.2, 0) is 10.0 Å². The number of benzene rings is 2. The summed E-state index contributed by atoms with van der Waals surface area (Å²) in [5, 5.41) is 1.61. The first kappa shape index (κ1) is 11.8. The van der Waals surface area contributed by atoms with Gasteiger partial charge in [-0.1, -0.05) is 42.5 Å². The minimum atomic E-state index is -3.53. The molecule has 0 aliphatic heterocycles. The molecule has 0 saturated heterocycles. The maximum atomic E-state index is 12.0. The summed E-state index contributed by atoms with van der Waals surface area (Å²) < 4.78 is 26.4. The normalized spacial score (nSPS) is 11.5. The molecular formula is C13H12NO2S. The smallest absolute Gasteiger partial charge is 0.207 e. The fourth-order valence-corrected chi connectivity index (χ4v) is 2.77. The number of nitrogens with one attached hydrogen (secondary N) is 1. The van der Waals surface area contributed by atoms with Gasteiger partial charge in [-0.25, -0.2) is 13.1 Å². The number of rotatable bonds is 4. The van der Waals surface area contributed by atoms with Crippen LogP contribution in [0.3, 0.4) is 0 Å². The van der Waals surface area contributed by atoms with Crippen LogP contribution >= 0.6 is 0 Å².